The number of anilines is 1. The summed E-state index contributed by atoms with van der Waals surface area (Å²) in [6.45, 7) is 3.44. The molecule has 8 nitrogen and oxygen atoms in total. The molecule has 10 heteroatoms. The molecule has 0 radical (unpaired) electrons. The molecule has 0 spiro atoms. The first-order valence-corrected chi connectivity index (χ1v) is 13.3. The highest BCUT2D eigenvalue weighted by Gasteiger charge is 2.38. The molecule has 1 N–H and O–H groups in total. The van der Waals surface area contributed by atoms with Gasteiger partial charge in [-0.1, -0.05) is 34.1 Å². The van der Waals surface area contributed by atoms with Crippen LogP contribution < -0.4 is 9.62 Å². The van der Waals surface area contributed by atoms with Crippen LogP contribution in [0.25, 0.3) is 6.08 Å². The van der Waals surface area contributed by atoms with Gasteiger partial charge in [0.1, 0.15) is 11.5 Å². The highest BCUT2D eigenvalue weighted by atomic mass is 79.9. The van der Waals surface area contributed by atoms with Crippen LogP contribution in [-0.2, 0) is 30.9 Å². The zero-order valence-electron chi connectivity index (χ0n) is 19.5. The molecule has 0 atom stereocenters. The maximum atomic E-state index is 13.4. The molecule has 1 aliphatic heterocycles. The number of allylic oxidation sites excluding steroid dienone is 1. The summed E-state index contributed by atoms with van der Waals surface area (Å²) in [5, 5.41) is 0. The molecule has 1 aromatic heterocycles. The molecule has 3 aromatic rings. The van der Waals surface area contributed by atoms with Crippen molar-refractivity contribution in [1.29, 1.82) is 0 Å². The smallest absolute Gasteiger partial charge is 0.340 e. The molecule has 0 saturated carbocycles. The summed E-state index contributed by atoms with van der Waals surface area (Å²) in [5.74, 6) is -0.383. The number of furan rings is 1. The van der Waals surface area contributed by atoms with E-state index in [2.05, 4.69) is 20.7 Å². The van der Waals surface area contributed by atoms with Crippen molar-refractivity contribution in [3.8, 4) is 0 Å². The Morgan fingerprint density at radius 2 is 1.78 bits per heavy atom. The van der Waals surface area contributed by atoms with Crippen LogP contribution in [-0.4, -0.2) is 26.9 Å². The van der Waals surface area contributed by atoms with Gasteiger partial charge >= 0.3 is 5.97 Å². The molecule has 4 rings (SSSR count). The highest BCUT2D eigenvalue weighted by molar-refractivity contribution is 9.10. The molecule has 0 unspecified atom stereocenters. The summed E-state index contributed by atoms with van der Waals surface area (Å²) in [5.41, 5.74) is 1.31. The number of esters is 1. The molecular weight excluding hydrogens is 548 g/mol. The number of benzene rings is 2. The summed E-state index contributed by atoms with van der Waals surface area (Å²) in [6.07, 6.45) is 1.46. The number of hydrogen-bond acceptors (Lipinski definition) is 6. The summed E-state index contributed by atoms with van der Waals surface area (Å²) >= 11 is 3.38. The van der Waals surface area contributed by atoms with Crippen molar-refractivity contribution in [1.82, 2.24) is 4.72 Å². The van der Waals surface area contributed by atoms with Crippen LogP contribution in [0.1, 0.15) is 25.4 Å². The van der Waals surface area contributed by atoms with Crippen LogP contribution in [0.4, 0.5) is 5.69 Å². The topological polar surface area (TPSA) is 106 Å². The van der Waals surface area contributed by atoms with Crippen LogP contribution in [0.5, 0.6) is 0 Å². The fourth-order valence-electron chi connectivity index (χ4n) is 3.74. The molecule has 2 aromatic carbocycles. The summed E-state index contributed by atoms with van der Waals surface area (Å²) in [7, 11) is -3.71. The molecule has 0 fully saturated rings. The Kier molecular flexibility index (Phi) is 7.58. The second-order valence-corrected chi connectivity index (χ2v) is 10.5. The third-order valence-corrected chi connectivity index (χ3v) is 7.37. The van der Waals surface area contributed by atoms with Gasteiger partial charge in [-0.05, 0) is 68.5 Å². The molecular formula is C26H23BrN2O6S. The minimum atomic E-state index is -3.71. The van der Waals surface area contributed by atoms with Crippen molar-refractivity contribution >= 4 is 49.6 Å². The Morgan fingerprint density at radius 1 is 1.08 bits per heavy atom. The number of nitrogens with zero attached hydrogens (tertiary/aromatic N) is 1. The first-order chi connectivity index (χ1) is 17.2. The van der Waals surface area contributed by atoms with Crippen molar-refractivity contribution < 1.29 is 27.2 Å². The molecule has 0 aliphatic carbocycles. The predicted octanol–water partition coefficient (Wildman–Crippen LogP) is 4.79. The Balaban J connectivity index is 1.61. The van der Waals surface area contributed by atoms with E-state index < -0.39 is 21.9 Å². The van der Waals surface area contributed by atoms with Crippen LogP contribution >= 0.6 is 15.9 Å². The lowest BCUT2D eigenvalue weighted by Crippen LogP contribution is -2.24. The number of nitrogens with one attached hydrogen (secondary N) is 1. The fourth-order valence-corrected chi connectivity index (χ4v) is 5.02. The van der Waals surface area contributed by atoms with E-state index in [9.17, 15) is 18.0 Å². The molecule has 0 saturated heterocycles. The quantitative estimate of drug-likeness (QED) is 0.308. The number of hydrogen-bond donors (Lipinski definition) is 1. The van der Waals surface area contributed by atoms with Gasteiger partial charge in [0.15, 0.2) is 0 Å². The second-order valence-electron chi connectivity index (χ2n) is 7.80. The van der Waals surface area contributed by atoms with Gasteiger partial charge in [-0.3, -0.25) is 9.69 Å². The zero-order valence-corrected chi connectivity index (χ0v) is 21.9. The third kappa shape index (κ3) is 5.35. The van der Waals surface area contributed by atoms with E-state index in [0.717, 1.165) is 4.47 Å². The second kappa shape index (κ2) is 10.7. The number of halogens is 1. The Hall–Kier alpha value is -3.47. The number of ether oxygens (including phenoxy) is 1. The Labute approximate surface area is 217 Å². The molecule has 0 bridgehead atoms. The largest absolute Gasteiger partial charge is 0.462 e. The van der Waals surface area contributed by atoms with Gasteiger partial charge in [-0.15, -0.1) is 0 Å². The van der Waals surface area contributed by atoms with E-state index in [-0.39, 0.29) is 29.2 Å². The van der Waals surface area contributed by atoms with Crippen LogP contribution in [0.15, 0.2) is 97.4 Å². The lowest BCUT2D eigenvalue weighted by molar-refractivity contribution is -0.138. The fraction of sp³-hybridized carbons (Fsp3) is 0.154. The van der Waals surface area contributed by atoms with Crippen LogP contribution in [0.3, 0.4) is 0 Å². The number of carbonyl (C=O) groups is 2. The molecule has 36 heavy (non-hydrogen) atoms. The minimum Gasteiger partial charge on any atom is -0.462 e. The summed E-state index contributed by atoms with van der Waals surface area (Å²) < 4.78 is 39.2. The van der Waals surface area contributed by atoms with Gasteiger partial charge in [-0.25, -0.2) is 17.9 Å². The van der Waals surface area contributed by atoms with Crippen molar-refractivity contribution in [2.24, 2.45) is 0 Å². The van der Waals surface area contributed by atoms with Gasteiger partial charge in [0.2, 0.25) is 10.0 Å². The van der Waals surface area contributed by atoms with E-state index in [0.29, 0.717) is 22.9 Å². The third-order valence-electron chi connectivity index (χ3n) is 5.42. The van der Waals surface area contributed by atoms with E-state index in [1.54, 1.807) is 68.4 Å². The SMILES string of the molecule is CCOC(=O)C1=C(C)N(c2ccc(Br)cc2)C(=O)/C1=C/c1ccc(CNS(=O)(=O)c2ccccc2)o1. The molecule has 2 heterocycles. The van der Waals surface area contributed by atoms with Crippen molar-refractivity contribution in [3.05, 3.63) is 99.6 Å². The van der Waals surface area contributed by atoms with Crippen LogP contribution in [0, 0.1) is 0 Å². The lowest BCUT2D eigenvalue weighted by atomic mass is 10.1. The predicted molar refractivity (Wildman–Crippen MR) is 138 cm³/mol. The molecule has 1 aliphatic rings. The zero-order chi connectivity index (χ0) is 25.9. The highest BCUT2D eigenvalue weighted by Crippen LogP contribution is 2.36. The average Bonchev–Trinajstić information content (AvgIpc) is 3.41. The van der Waals surface area contributed by atoms with E-state index in [1.807, 2.05) is 0 Å². The Morgan fingerprint density at radius 3 is 2.44 bits per heavy atom. The van der Waals surface area contributed by atoms with E-state index in [1.165, 1.54) is 23.1 Å². The minimum absolute atomic E-state index is 0.0844. The van der Waals surface area contributed by atoms with Crippen molar-refractivity contribution in [2.45, 2.75) is 25.3 Å². The number of rotatable bonds is 8. The number of sulfonamides is 1. The molecule has 1 amide bonds. The maximum Gasteiger partial charge on any atom is 0.340 e. The molecule has 186 valence electrons. The first-order valence-electron chi connectivity index (χ1n) is 11.0. The van der Waals surface area contributed by atoms with Gasteiger partial charge in [0, 0.05) is 15.9 Å². The monoisotopic (exact) mass is 570 g/mol. The van der Waals surface area contributed by atoms with Gasteiger partial charge in [-0.2, -0.15) is 0 Å². The maximum absolute atomic E-state index is 13.4. The van der Waals surface area contributed by atoms with Crippen molar-refractivity contribution in [2.75, 3.05) is 11.5 Å². The van der Waals surface area contributed by atoms with E-state index >= 15 is 0 Å². The van der Waals surface area contributed by atoms with Gasteiger partial charge in [0.05, 0.1) is 29.2 Å². The summed E-state index contributed by atoms with van der Waals surface area (Å²) in [6, 6.07) is 18.3. The Bertz CT molecular complexity index is 1460. The normalized spacial score (nSPS) is 15.1. The van der Waals surface area contributed by atoms with Gasteiger partial charge < -0.3 is 9.15 Å². The average molecular weight is 571 g/mol. The van der Waals surface area contributed by atoms with Crippen LogP contribution in [0.2, 0.25) is 0 Å². The van der Waals surface area contributed by atoms with Gasteiger partial charge in [0.25, 0.3) is 5.91 Å². The number of carbonyl (C=O) groups excluding carboxylic acids is 2. The lowest BCUT2D eigenvalue weighted by Gasteiger charge is -2.17. The van der Waals surface area contributed by atoms with E-state index in [4.69, 9.17) is 9.15 Å². The number of amides is 1. The summed E-state index contributed by atoms with van der Waals surface area (Å²) in [4.78, 5) is 27.8. The first kappa shape index (κ1) is 25.6. The standard InChI is InChI=1S/C26H23BrN2O6S/c1-3-34-26(31)24-17(2)29(19-11-9-18(27)10-12-19)25(30)23(24)15-20-13-14-21(35-20)16-28-36(32,33)22-7-5-4-6-8-22/h4-15,28H,3,16H2,1-2H3/b23-15+. The van der Waals surface area contributed by atoms with Crippen molar-refractivity contribution in [3.63, 3.8) is 0 Å².